The average molecular weight is 646 g/mol. The minimum Gasteiger partial charge on any atom is -0.492 e. The molecule has 0 heterocycles. The predicted octanol–water partition coefficient (Wildman–Crippen LogP) is 4.66. The smallest absolute Gasteiger partial charge is 0.271 e. The van der Waals surface area contributed by atoms with Gasteiger partial charge in [-0.2, -0.15) is 5.10 Å². The molecule has 2 aromatic rings. The maximum atomic E-state index is 12.0. The van der Waals surface area contributed by atoms with E-state index in [0.29, 0.717) is 12.2 Å². The van der Waals surface area contributed by atoms with Crippen LogP contribution >= 0.6 is 67.8 Å². The molecule has 1 N–H and O–H groups in total. The normalized spacial score (nSPS) is 10.8. The van der Waals surface area contributed by atoms with Crippen molar-refractivity contribution in [2.24, 2.45) is 5.10 Å². The number of amides is 1. The molecule has 0 aromatic heterocycles. The lowest BCUT2D eigenvalue weighted by Crippen LogP contribution is -2.17. The highest BCUT2D eigenvalue weighted by Crippen LogP contribution is 2.28. The van der Waals surface area contributed by atoms with Crippen LogP contribution in [-0.2, 0) is 0 Å². The number of halogens is 3. The number of nitrogens with zero attached hydrogens (tertiary/aromatic N) is 1. The highest BCUT2D eigenvalue weighted by Gasteiger charge is 2.08. The van der Waals surface area contributed by atoms with E-state index < -0.39 is 0 Å². The molecule has 2 aromatic carbocycles. The lowest BCUT2D eigenvalue weighted by molar-refractivity contribution is 0.0955. The molecule has 0 aliphatic rings. The monoisotopic (exact) mass is 646 g/mol. The van der Waals surface area contributed by atoms with Gasteiger partial charge in [0.15, 0.2) is 0 Å². The highest BCUT2D eigenvalue weighted by molar-refractivity contribution is 14.1. The maximum absolute atomic E-state index is 12.0. The Hall–Kier alpha value is -0.430. The number of nitrogens with one attached hydrogen (secondary N) is 1. The van der Waals surface area contributed by atoms with Crippen molar-refractivity contribution in [3.8, 4) is 5.75 Å². The predicted molar refractivity (Wildman–Crippen MR) is 117 cm³/mol. The number of rotatable bonds is 5. The van der Waals surface area contributed by atoms with Crippen molar-refractivity contribution >= 4 is 79.9 Å². The van der Waals surface area contributed by atoms with E-state index in [0.717, 1.165) is 22.0 Å². The standard InChI is InChI=1S/C16H13I3N2O2/c1-2-23-15-13(18)6-10(7-14(15)19)9-20-21-16(22)11-4-3-5-12(17)8-11/h3-9H,2H2,1H3,(H,21,22)/b20-9-. The molecule has 0 aliphatic carbocycles. The molecule has 0 fully saturated rings. The fourth-order valence-corrected chi connectivity index (χ4v) is 4.47. The molecule has 0 bridgehead atoms. The third-order valence-corrected chi connectivity index (χ3v) is 5.05. The van der Waals surface area contributed by atoms with Crippen LogP contribution < -0.4 is 10.2 Å². The summed E-state index contributed by atoms with van der Waals surface area (Å²) in [6.07, 6.45) is 1.63. The van der Waals surface area contributed by atoms with Crippen molar-refractivity contribution in [2.45, 2.75) is 6.92 Å². The van der Waals surface area contributed by atoms with Crippen molar-refractivity contribution in [3.05, 3.63) is 58.2 Å². The first-order valence-corrected chi connectivity index (χ1v) is 9.95. The van der Waals surface area contributed by atoms with Crippen LogP contribution in [-0.4, -0.2) is 18.7 Å². The topological polar surface area (TPSA) is 50.7 Å². The summed E-state index contributed by atoms with van der Waals surface area (Å²) in [7, 11) is 0. The van der Waals surface area contributed by atoms with E-state index in [4.69, 9.17) is 4.74 Å². The number of hydrazone groups is 1. The largest absolute Gasteiger partial charge is 0.492 e. The fraction of sp³-hybridized carbons (Fsp3) is 0.125. The van der Waals surface area contributed by atoms with Gasteiger partial charge in [-0.1, -0.05) is 6.07 Å². The van der Waals surface area contributed by atoms with Gasteiger partial charge in [0, 0.05) is 9.13 Å². The molecular formula is C16H13I3N2O2. The minimum absolute atomic E-state index is 0.227. The first-order valence-electron chi connectivity index (χ1n) is 6.72. The van der Waals surface area contributed by atoms with Crippen LogP contribution in [0, 0.1) is 10.7 Å². The van der Waals surface area contributed by atoms with Gasteiger partial charge in [-0.25, -0.2) is 5.43 Å². The van der Waals surface area contributed by atoms with Gasteiger partial charge in [-0.05, 0) is 111 Å². The third-order valence-electron chi connectivity index (χ3n) is 2.78. The van der Waals surface area contributed by atoms with Crippen LogP contribution in [0.4, 0.5) is 0 Å². The summed E-state index contributed by atoms with van der Waals surface area (Å²) in [5, 5.41) is 4.03. The Labute approximate surface area is 175 Å². The van der Waals surface area contributed by atoms with Crippen LogP contribution in [0.2, 0.25) is 0 Å². The molecule has 0 aliphatic heterocycles. The Morgan fingerprint density at radius 2 is 1.91 bits per heavy atom. The number of carbonyl (C=O) groups is 1. The second-order valence-corrected chi connectivity index (χ2v) is 8.03. The molecule has 23 heavy (non-hydrogen) atoms. The summed E-state index contributed by atoms with van der Waals surface area (Å²) < 4.78 is 8.64. The van der Waals surface area contributed by atoms with Gasteiger partial charge in [0.2, 0.25) is 0 Å². The van der Waals surface area contributed by atoms with Gasteiger partial charge in [0.1, 0.15) is 5.75 Å². The van der Waals surface area contributed by atoms with Gasteiger partial charge < -0.3 is 4.74 Å². The first kappa shape index (κ1) is 18.9. The van der Waals surface area contributed by atoms with Crippen LogP contribution in [0.3, 0.4) is 0 Å². The van der Waals surface area contributed by atoms with Crippen molar-refractivity contribution in [1.29, 1.82) is 0 Å². The van der Waals surface area contributed by atoms with Gasteiger partial charge in [0.05, 0.1) is 20.0 Å². The van der Waals surface area contributed by atoms with Crippen LogP contribution in [0.1, 0.15) is 22.8 Å². The number of benzene rings is 2. The lowest BCUT2D eigenvalue weighted by atomic mass is 10.2. The lowest BCUT2D eigenvalue weighted by Gasteiger charge is -2.09. The molecule has 1 amide bonds. The Morgan fingerprint density at radius 3 is 2.52 bits per heavy atom. The van der Waals surface area contributed by atoms with E-state index in [1.807, 2.05) is 37.3 Å². The molecule has 0 radical (unpaired) electrons. The van der Waals surface area contributed by atoms with Crippen LogP contribution in [0.25, 0.3) is 0 Å². The van der Waals surface area contributed by atoms with Gasteiger partial charge in [-0.3, -0.25) is 4.79 Å². The van der Waals surface area contributed by atoms with E-state index in [2.05, 4.69) is 78.3 Å². The Kier molecular flexibility index (Phi) is 7.53. The molecule has 0 spiro atoms. The SMILES string of the molecule is CCOc1c(I)cc(/C=N\NC(=O)c2cccc(I)c2)cc1I. The summed E-state index contributed by atoms with van der Waals surface area (Å²) >= 11 is 6.64. The van der Waals surface area contributed by atoms with E-state index >= 15 is 0 Å². The molecule has 0 saturated carbocycles. The molecule has 0 saturated heterocycles. The molecule has 2 rings (SSSR count). The number of hydrogen-bond donors (Lipinski definition) is 1. The number of carbonyl (C=O) groups excluding carboxylic acids is 1. The Bertz CT molecular complexity index is 725. The molecule has 0 unspecified atom stereocenters. The van der Waals surface area contributed by atoms with Crippen molar-refractivity contribution < 1.29 is 9.53 Å². The Balaban J connectivity index is 2.07. The highest BCUT2D eigenvalue weighted by atomic mass is 127. The zero-order valence-electron chi connectivity index (χ0n) is 12.1. The Morgan fingerprint density at radius 1 is 1.22 bits per heavy atom. The summed E-state index contributed by atoms with van der Waals surface area (Å²) in [6.45, 7) is 2.59. The first-order chi connectivity index (χ1) is 11.0. The maximum Gasteiger partial charge on any atom is 0.271 e. The fourth-order valence-electron chi connectivity index (χ4n) is 1.80. The summed E-state index contributed by atoms with van der Waals surface area (Å²) in [4.78, 5) is 12.0. The molecule has 0 atom stereocenters. The quantitative estimate of drug-likeness (QED) is 0.292. The summed E-state index contributed by atoms with van der Waals surface area (Å²) in [5.74, 6) is 0.656. The third kappa shape index (κ3) is 5.55. The zero-order valence-corrected chi connectivity index (χ0v) is 18.6. The van der Waals surface area contributed by atoms with Crippen LogP contribution in [0.5, 0.6) is 5.75 Å². The average Bonchev–Trinajstić information content (AvgIpc) is 2.51. The summed E-state index contributed by atoms with van der Waals surface area (Å²) in [6, 6.07) is 11.3. The molecule has 4 nitrogen and oxygen atoms in total. The minimum atomic E-state index is -0.227. The second kappa shape index (κ2) is 9.16. The number of hydrogen-bond acceptors (Lipinski definition) is 3. The van der Waals surface area contributed by atoms with E-state index in [1.54, 1.807) is 12.3 Å². The zero-order chi connectivity index (χ0) is 16.8. The van der Waals surface area contributed by atoms with Gasteiger partial charge in [0.25, 0.3) is 5.91 Å². The van der Waals surface area contributed by atoms with E-state index in [1.165, 1.54) is 0 Å². The molecule has 7 heteroatoms. The molecule has 120 valence electrons. The second-order valence-electron chi connectivity index (χ2n) is 4.46. The molecular weight excluding hydrogens is 633 g/mol. The van der Waals surface area contributed by atoms with E-state index in [9.17, 15) is 4.79 Å². The van der Waals surface area contributed by atoms with Gasteiger partial charge in [-0.15, -0.1) is 0 Å². The summed E-state index contributed by atoms with van der Waals surface area (Å²) in [5.41, 5.74) is 4.04. The van der Waals surface area contributed by atoms with Crippen molar-refractivity contribution in [1.82, 2.24) is 5.43 Å². The van der Waals surface area contributed by atoms with Gasteiger partial charge >= 0.3 is 0 Å². The van der Waals surface area contributed by atoms with Crippen molar-refractivity contribution in [2.75, 3.05) is 6.61 Å². The van der Waals surface area contributed by atoms with Crippen LogP contribution in [0.15, 0.2) is 41.5 Å². The van der Waals surface area contributed by atoms with E-state index in [-0.39, 0.29) is 5.91 Å². The van der Waals surface area contributed by atoms with Crippen molar-refractivity contribution in [3.63, 3.8) is 0 Å². The number of ether oxygens (including phenoxy) is 1.